The van der Waals surface area contributed by atoms with Crippen molar-refractivity contribution in [3.05, 3.63) is 58.7 Å². The predicted molar refractivity (Wildman–Crippen MR) is 106 cm³/mol. The lowest BCUT2D eigenvalue weighted by Gasteiger charge is -2.14. The van der Waals surface area contributed by atoms with Crippen LogP contribution in [0.15, 0.2) is 30.5 Å². The molecule has 0 fully saturated rings. The van der Waals surface area contributed by atoms with E-state index in [0.29, 0.717) is 16.7 Å². The van der Waals surface area contributed by atoms with Gasteiger partial charge < -0.3 is 23.9 Å². The zero-order valence-electron chi connectivity index (χ0n) is 17.1. The number of imidazole rings is 1. The number of hydrogen-bond donors (Lipinski definition) is 0. The maximum atomic E-state index is 13.0. The van der Waals surface area contributed by atoms with Crippen LogP contribution in [0, 0.1) is 0 Å². The average molecular weight is 425 g/mol. The fraction of sp³-hybridized carbons (Fsp3) is 0.318. The zero-order chi connectivity index (χ0) is 22.5. The second kappa shape index (κ2) is 9.38. The van der Waals surface area contributed by atoms with Crippen LogP contribution in [0.1, 0.15) is 57.7 Å². The summed E-state index contributed by atoms with van der Waals surface area (Å²) >= 11 is 0. The topological polar surface area (TPSA) is 128 Å². The number of aromatic carboxylic acids is 1. The average Bonchev–Trinajstić information content (AvgIpc) is 3.29. The lowest BCUT2D eigenvalue weighted by molar-refractivity contribution is -0.256. The molecule has 0 bridgehead atoms. The van der Waals surface area contributed by atoms with E-state index in [1.54, 1.807) is 32.0 Å². The largest absolute Gasteiger partial charge is 0.542 e. The summed E-state index contributed by atoms with van der Waals surface area (Å²) < 4.78 is 11.0. The molecule has 3 rings (SSSR count). The van der Waals surface area contributed by atoms with Crippen LogP contribution in [0.4, 0.5) is 0 Å². The lowest BCUT2D eigenvalue weighted by atomic mass is 10.0. The Morgan fingerprint density at radius 2 is 1.97 bits per heavy atom. The summed E-state index contributed by atoms with van der Waals surface area (Å²) in [5, 5.41) is 11.6. The summed E-state index contributed by atoms with van der Waals surface area (Å²) in [6.07, 6.45) is 4.02. The highest BCUT2D eigenvalue weighted by atomic mass is 16.5. The van der Waals surface area contributed by atoms with Crippen LogP contribution < -0.4 is 5.11 Å². The first kappa shape index (κ1) is 21.9. The molecule has 0 saturated heterocycles. The molecule has 162 valence electrons. The fourth-order valence-electron chi connectivity index (χ4n) is 3.56. The van der Waals surface area contributed by atoms with E-state index >= 15 is 0 Å². The minimum Gasteiger partial charge on any atom is -0.542 e. The van der Waals surface area contributed by atoms with E-state index in [1.807, 2.05) is 0 Å². The van der Waals surface area contributed by atoms with E-state index in [4.69, 9.17) is 9.47 Å². The molecule has 0 N–H and O–H groups in total. The van der Waals surface area contributed by atoms with Gasteiger partial charge in [-0.05, 0) is 31.1 Å². The van der Waals surface area contributed by atoms with Crippen molar-refractivity contribution in [2.45, 2.75) is 32.7 Å². The van der Waals surface area contributed by atoms with E-state index in [0.717, 1.165) is 6.08 Å². The van der Waals surface area contributed by atoms with Crippen molar-refractivity contribution in [3.8, 4) is 0 Å². The summed E-state index contributed by atoms with van der Waals surface area (Å²) in [5.41, 5.74) is 1.92. The monoisotopic (exact) mass is 425 g/mol. The molecule has 0 spiro atoms. The molecule has 2 aromatic rings. The molecule has 1 aromatic heterocycles. The van der Waals surface area contributed by atoms with E-state index in [2.05, 4.69) is 4.98 Å². The number of nitrogens with zero attached hydrogens (tertiary/aromatic N) is 2. The molecule has 1 aromatic carbocycles. The maximum absolute atomic E-state index is 13.0. The smallest absolute Gasteiger partial charge is 0.330 e. The highest BCUT2D eigenvalue weighted by Crippen LogP contribution is 2.34. The van der Waals surface area contributed by atoms with Gasteiger partial charge in [0.15, 0.2) is 11.6 Å². The molecule has 1 unspecified atom stereocenters. The van der Waals surface area contributed by atoms with Gasteiger partial charge in [-0.25, -0.2) is 9.78 Å². The number of ether oxygens (including phenoxy) is 2. The number of aromatic nitrogens is 2. The molecule has 9 heteroatoms. The van der Waals surface area contributed by atoms with Crippen LogP contribution in [0.3, 0.4) is 0 Å². The van der Waals surface area contributed by atoms with Gasteiger partial charge in [0, 0.05) is 24.3 Å². The molecule has 0 radical (unpaired) electrons. The summed E-state index contributed by atoms with van der Waals surface area (Å²) in [7, 11) is 0. The predicted octanol–water partition coefficient (Wildman–Crippen LogP) is 0.909. The Bertz CT molecular complexity index is 1070. The summed E-state index contributed by atoms with van der Waals surface area (Å²) in [6.45, 7) is 3.82. The quantitative estimate of drug-likeness (QED) is 0.451. The standard InChI is InChI=1S/C22H22N2O7/c1-3-30-18(25)9-8-14-12-24(21(23-14)22(28)29)17-11-16-13(10-19(26)31-4-2)6-5-7-15(16)20(17)27/h5-9,12,17H,3-4,10-11H2,1-2H3,(H,28,29)/p-1/b9-8+. The van der Waals surface area contributed by atoms with Gasteiger partial charge in [0.25, 0.3) is 0 Å². The molecular weight excluding hydrogens is 404 g/mol. The third kappa shape index (κ3) is 4.71. The molecule has 0 saturated carbocycles. The number of carbonyl (C=O) groups excluding carboxylic acids is 4. The Morgan fingerprint density at radius 1 is 1.23 bits per heavy atom. The van der Waals surface area contributed by atoms with Crippen molar-refractivity contribution in [3.63, 3.8) is 0 Å². The van der Waals surface area contributed by atoms with Gasteiger partial charge in [-0.1, -0.05) is 18.2 Å². The number of benzene rings is 1. The molecule has 1 heterocycles. The van der Waals surface area contributed by atoms with Gasteiger partial charge in [0.1, 0.15) is 12.0 Å². The van der Waals surface area contributed by atoms with Crippen molar-refractivity contribution in [1.82, 2.24) is 9.55 Å². The Hall–Kier alpha value is -3.75. The van der Waals surface area contributed by atoms with Crippen LogP contribution >= 0.6 is 0 Å². The number of carbonyl (C=O) groups is 4. The number of esters is 2. The minimum atomic E-state index is -1.55. The van der Waals surface area contributed by atoms with Crippen molar-refractivity contribution in [2.24, 2.45) is 0 Å². The number of fused-ring (bicyclic) bond motifs is 1. The second-order valence-corrected chi connectivity index (χ2v) is 6.78. The van der Waals surface area contributed by atoms with Crippen molar-refractivity contribution in [1.29, 1.82) is 0 Å². The molecule has 1 aliphatic rings. The lowest BCUT2D eigenvalue weighted by Crippen LogP contribution is -2.29. The van der Waals surface area contributed by atoms with Crippen LogP contribution in [0.2, 0.25) is 0 Å². The number of carboxylic acids is 1. The Morgan fingerprint density at radius 3 is 2.65 bits per heavy atom. The van der Waals surface area contributed by atoms with Gasteiger partial charge in [0.05, 0.1) is 25.3 Å². The number of hydrogen-bond acceptors (Lipinski definition) is 8. The number of Topliss-reactive ketones (excluding diaryl/α,β-unsaturated/α-hetero) is 1. The van der Waals surface area contributed by atoms with Gasteiger partial charge in [-0.2, -0.15) is 0 Å². The van der Waals surface area contributed by atoms with Crippen LogP contribution in [-0.2, 0) is 31.9 Å². The molecule has 0 amide bonds. The number of ketones is 1. The van der Waals surface area contributed by atoms with Gasteiger partial charge in [0.2, 0.25) is 0 Å². The Balaban J connectivity index is 1.92. The summed E-state index contributed by atoms with van der Waals surface area (Å²) in [5.74, 6) is -3.27. The van der Waals surface area contributed by atoms with E-state index in [-0.39, 0.29) is 37.5 Å². The summed E-state index contributed by atoms with van der Waals surface area (Å²) in [4.78, 5) is 52.0. The van der Waals surface area contributed by atoms with E-state index in [1.165, 1.54) is 16.8 Å². The van der Waals surface area contributed by atoms with Crippen molar-refractivity contribution < 1.29 is 33.8 Å². The molecule has 9 nitrogen and oxygen atoms in total. The highest BCUT2D eigenvalue weighted by molar-refractivity contribution is 6.04. The molecule has 31 heavy (non-hydrogen) atoms. The molecular formula is C22H21N2O7-. The Labute approximate surface area is 178 Å². The van der Waals surface area contributed by atoms with Gasteiger partial charge in [-0.3, -0.25) is 9.59 Å². The van der Waals surface area contributed by atoms with Crippen molar-refractivity contribution in [2.75, 3.05) is 13.2 Å². The van der Waals surface area contributed by atoms with E-state index < -0.39 is 29.8 Å². The highest BCUT2D eigenvalue weighted by Gasteiger charge is 2.35. The van der Waals surface area contributed by atoms with Crippen LogP contribution in [0.5, 0.6) is 0 Å². The zero-order valence-corrected chi connectivity index (χ0v) is 17.1. The van der Waals surface area contributed by atoms with E-state index in [9.17, 15) is 24.3 Å². The van der Waals surface area contributed by atoms with Gasteiger partial charge >= 0.3 is 11.9 Å². The first-order chi connectivity index (χ1) is 14.8. The minimum absolute atomic E-state index is 0.0157. The first-order valence-corrected chi connectivity index (χ1v) is 9.81. The summed E-state index contributed by atoms with van der Waals surface area (Å²) in [6, 6.07) is 4.20. The molecule has 1 atom stereocenters. The number of carboxylic acid groups (broad SMARTS) is 1. The van der Waals surface area contributed by atoms with Crippen LogP contribution in [-0.4, -0.2) is 46.5 Å². The normalized spacial score (nSPS) is 15.2. The SMILES string of the molecule is CCOC(=O)/C=C/c1cn(C2Cc3c(CC(=O)OCC)cccc3C2=O)c(C(=O)[O-])n1. The Kier molecular flexibility index (Phi) is 6.64. The van der Waals surface area contributed by atoms with Crippen molar-refractivity contribution >= 4 is 29.8 Å². The molecule has 1 aliphatic carbocycles. The third-order valence-electron chi connectivity index (χ3n) is 4.82. The van der Waals surface area contributed by atoms with Crippen LogP contribution in [0.25, 0.3) is 6.08 Å². The first-order valence-electron chi connectivity index (χ1n) is 9.81. The van der Waals surface area contributed by atoms with Gasteiger partial charge in [-0.15, -0.1) is 0 Å². The number of rotatable bonds is 8. The third-order valence-corrected chi connectivity index (χ3v) is 4.82. The maximum Gasteiger partial charge on any atom is 0.330 e. The second-order valence-electron chi connectivity index (χ2n) is 6.78. The molecule has 0 aliphatic heterocycles. The fourth-order valence-corrected chi connectivity index (χ4v) is 3.56.